The number of aliphatic hydroxyl groups excluding tert-OH is 1. The van der Waals surface area contributed by atoms with E-state index in [-0.39, 0.29) is 88.8 Å². The molecular formula is C57H86N10O17Rh2. The third-order valence-electron chi connectivity index (χ3n) is 15.3. The minimum atomic E-state index is -0.854. The Morgan fingerprint density at radius 3 is 0.686 bits per heavy atom. The first-order valence-corrected chi connectivity index (χ1v) is 28.9. The third kappa shape index (κ3) is 27.3. The predicted octanol–water partition coefficient (Wildman–Crippen LogP) is 0.891. The molecule has 484 valence electrons. The van der Waals surface area contributed by atoms with Crippen molar-refractivity contribution in [2.45, 2.75) is 192 Å². The van der Waals surface area contributed by atoms with Crippen molar-refractivity contribution in [3.8, 4) is 12.1 Å². The van der Waals surface area contributed by atoms with E-state index in [9.17, 15) is 58.8 Å². The molecule has 0 unspecified atom stereocenters. The maximum atomic E-state index is 12.1. The first-order chi connectivity index (χ1) is 40.3. The zero-order chi connectivity index (χ0) is 62.7. The van der Waals surface area contributed by atoms with Crippen molar-refractivity contribution in [1.82, 2.24) is 19.6 Å². The number of hydrogen-bond acceptors (Lipinski definition) is 23. The van der Waals surface area contributed by atoms with Crippen LogP contribution in [0.1, 0.15) is 168 Å². The average Bonchev–Trinajstić information content (AvgIpc) is 3.93. The van der Waals surface area contributed by atoms with Crippen molar-refractivity contribution in [2.24, 2.45) is 43.6 Å². The molecule has 4 saturated carbocycles. The van der Waals surface area contributed by atoms with Crippen LogP contribution >= 0.6 is 0 Å². The molecule has 0 aromatic carbocycles. The summed E-state index contributed by atoms with van der Waals surface area (Å²) in [4.78, 5) is 112. The van der Waals surface area contributed by atoms with E-state index >= 15 is 0 Å². The van der Waals surface area contributed by atoms with E-state index in [0.29, 0.717) is 49.4 Å². The smallest absolute Gasteiger partial charge is 0.846 e. The maximum absolute atomic E-state index is 12.1. The number of amides is 4. The Kier molecular flexibility index (Phi) is 41.1. The monoisotopic (exact) mass is 1390 g/mol. The molecule has 27 nitrogen and oxygen atoms in total. The normalized spacial score (nSPS) is 21.6. The van der Waals surface area contributed by atoms with Crippen LogP contribution < -0.4 is 20.4 Å². The van der Waals surface area contributed by atoms with Crippen molar-refractivity contribution in [2.75, 3.05) is 61.7 Å². The van der Waals surface area contributed by atoms with Crippen LogP contribution in [0.25, 0.3) is 0 Å². The summed E-state index contributed by atoms with van der Waals surface area (Å²) in [7, 11) is 5.98. The molecule has 4 fully saturated rings. The Bertz CT molecular complexity index is 2050. The molecule has 8 rings (SSSR count). The van der Waals surface area contributed by atoms with Gasteiger partial charge in [-0.25, -0.2) is 19.2 Å². The van der Waals surface area contributed by atoms with Gasteiger partial charge in [-0.05, 0) is 75.0 Å². The van der Waals surface area contributed by atoms with Crippen LogP contribution in [-0.2, 0) is 96.3 Å². The first kappa shape index (κ1) is 79.8. The van der Waals surface area contributed by atoms with Crippen LogP contribution in [0, 0.1) is 46.3 Å². The van der Waals surface area contributed by atoms with Crippen LogP contribution in [0.4, 0.5) is 0 Å². The van der Waals surface area contributed by atoms with Crippen molar-refractivity contribution in [3.05, 3.63) is 0 Å². The fraction of sp³-hybridized carbons (Fsp3) is 0.754. The summed E-state index contributed by atoms with van der Waals surface area (Å²) < 4.78 is 18.2. The Hall–Kier alpha value is -6.17. The molecule has 8 aliphatic rings. The Balaban J connectivity index is 0.00000107. The molecule has 4 aliphatic carbocycles. The van der Waals surface area contributed by atoms with Crippen LogP contribution in [0.5, 0.6) is 0 Å². The number of amidine groups is 4. The number of methoxy groups -OCH3 is 4. The SMILES string of the molecule is CC#N.CC#N.CO.COC(=O)[C@@H]1CN(C(=O)CC2CCCCC2)C([O-])=N1.COC(=O)[C@@H]1CN(C(=O)CC2CCCCC2)C([O-])=N1.COC(=O)[C@@H]1CN(C(=O)CC2CCCCC2)C([O-])=N1.COC(=O)[C@@H]1CN(C(=O)CC2CCCCC2)C([O-])=N1.[Rh+2].[Rh+2]. The standard InChI is InChI=1S/4C13H20N2O4.2C2H3N.CH4O.2Rh/c4*1-19-12(17)10-8-15(13(18)14-10)11(16)7-9-5-3-2-4-6-9;2*1-2-3;1-2;;/h4*9-10H,2-8H2,1H3,(H,14,18);2*1H3;2H,1H3;;/q;;;;;;;2*+2/p-4/t4*10-;;;;;/m0000...../s1. The van der Waals surface area contributed by atoms with Gasteiger partial charge in [-0.3, -0.25) is 39.1 Å². The molecule has 4 aliphatic heterocycles. The fourth-order valence-corrected chi connectivity index (χ4v) is 10.9. The van der Waals surface area contributed by atoms with Gasteiger partial charge in [0.1, 0.15) is 0 Å². The number of nitriles is 2. The van der Waals surface area contributed by atoms with Crippen molar-refractivity contribution >= 4 is 71.6 Å². The second-order valence-electron chi connectivity index (χ2n) is 21.1. The van der Waals surface area contributed by atoms with E-state index < -0.39 is 72.1 Å². The zero-order valence-corrected chi connectivity index (χ0v) is 53.8. The summed E-state index contributed by atoms with van der Waals surface area (Å²) in [6.45, 7) is 2.96. The zero-order valence-electron chi connectivity index (χ0n) is 50.5. The van der Waals surface area contributed by atoms with Crippen LogP contribution in [0.2, 0.25) is 0 Å². The van der Waals surface area contributed by atoms with E-state index in [4.69, 9.17) is 15.6 Å². The van der Waals surface area contributed by atoms with Crippen LogP contribution in [-0.4, -0.2) is 182 Å². The van der Waals surface area contributed by atoms with E-state index in [1.165, 1.54) is 68.0 Å². The molecule has 2 radical (unpaired) electrons. The van der Waals surface area contributed by atoms with Gasteiger partial charge in [0.05, 0.1) is 90.8 Å². The van der Waals surface area contributed by atoms with Gasteiger partial charge in [0.2, 0.25) is 23.6 Å². The van der Waals surface area contributed by atoms with Crippen molar-refractivity contribution in [3.63, 3.8) is 0 Å². The molecule has 0 aromatic heterocycles. The Morgan fingerprint density at radius 1 is 0.395 bits per heavy atom. The van der Waals surface area contributed by atoms with Gasteiger partial charge in [-0.2, -0.15) is 10.5 Å². The first-order valence-electron chi connectivity index (χ1n) is 28.9. The molecule has 0 aromatic rings. The summed E-state index contributed by atoms with van der Waals surface area (Å²) >= 11 is 0. The number of esters is 4. The molecular weight excluding hydrogens is 1300 g/mol. The molecule has 86 heavy (non-hydrogen) atoms. The Morgan fingerprint density at radius 2 is 0.547 bits per heavy atom. The molecule has 0 bridgehead atoms. The number of nitrogens with zero attached hydrogens (tertiary/aromatic N) is 10. The largest absolute Gasteiger partial charge is 2.00 e. The number of carbonyl (C=O) groups is 8. The van der Waals surface area contributed by atoms with Crippen LogP contribution in [0.15, 0.2) is 20.0 Å². The molecule has 0 saturated heterocycles. The predicted molar refractivity (Wildman–Crippen MR) is 295 cm³/mol. The van der Waals surface area contributed by atoms with Crippen LogP contribution in [0.3, 0.4) is 0 Å². The summed E-state index contributed by atoms with van der Waals surface area (Å²) in [6.07, 6.45) is 24.1. The van der Waals surface area contributed by atoms with Crippen molar-refractivity contribution in [1.29, 1.82) is 10.5 Å². The number of aliphatic hydroxyl groups is 1. The third-order valence-corrected chi connectivity index (χ3v) is 15.3. The number of carbonyl (C=O) groups excluding carboxylic acids is 8. The van der Waals surface area contributed by atoms with E-state index in [0.717, 1.165) is 129 Å². The molecule has 0 spiro atoms. The second-order valence-corrected chi connectivity index (χ2v) is 21.1. The summed E-state index contributed by atoms with van der Waals surface area (Å²) in [5.41, 5.74) is 0. The van der Waals surface area contributed by atoms with E-state index in [1.807, 2.05) is 0 Å². The number of ether oxygens (including phenoxy) is 4. The summed E-state index contributed by atoms with van der Waals surface area (Å²) in [5, 5.41) is 68.1. The quantitative estimate of drug-likeness (QED) is 0.161. The van der Waals surface area contributed by atoms with Gasteiger partial charge < -0.3 is 64.1 Å². The molecule has 4 atom stereocenters. The molecule has 29 heteroatoms. The summed E-state index contributed by atoms with van der Waals surface area (Å²) in [5.74, 6) is -1.67. The summed E-state index contributed by atoms with van der Waals surface area (Å²) in [6, 6.07) is -2.37. The van der Waals surface area contributed by atoms with Gasteiger partial charge in [-0.15, -0.1) is 0 Å². The molecule has 1 N–H and O–H groups in total. The van der Waals surface area contributed by atoms with Gasteiger partial charge in [0.25, 0.3) is 0 Å². The topological polar surface area (TPSA) is 396 Å². The average molecular weight is 1390 g/mol. The molecule has 4 amide bonds. The second kappa shape index (κ2) is 44.3. The van der Waals surface area contributed by atoms with Gasteiger partial charge in [0, 0.05) is 46.6 Å². The van der Waals surface area contributed by atoms with Gasteiger partial charge >= 0.3 is 62.8 Å². The number of rotatable bonds is 12. The molecule has 4 heterocycles. The number of aliphatic imine (C=N–C) groups is 4. The van der Waals surface area contributed by atoms with Crippen molar-refractivity contribution < 1.29 is 122 Å². The minimum Gasteiger partial charge on any atom is -0.846 e. The maximum Gasteiger partial charge on any atom is 2.00 e. The van der Waals surface area contributed by atoms with Gasteiger partial charge in [0.15, 0.2) is 24.2 Å². The number of hydrogen-bond donors (Lipinski definition) is 1. The minimum absolute atomic E-state index is 0. The van der Waals surface area contributed by atoms with Gasteiger partial charge in [-0.1, -0.05) is 77.0 Å². The van der Waals surface area contributed by atoms with E-state index in [1.54, 1.807) is 12.1 Å². The van der Waals surface area contributed by atoms with E-state index in [2.05, 4.69) is 38.9 Å². The Labute approximate surface area is 530 Å². The fourth-order valence-electron chi connectivity index (χ4n) is 10.9.